The van der Waals surface area contributed by atoms with Gasteiger partial charge in [0.1, 0.15) is 5.54 Å². The summed E-state index contributed by atoms with van der Waals surface area (Å²) in [4.78, 5) is 29.8. The van der Waals surface area contributed by atoms with Crippen LogP contribution in [0.4, 0.5) is 4.79 Å². The van der Waals surface area contributed by atoms with Gasteiger partial charge >= 0.3 is 6.03 Å². The number of amides is 3. The van der Waals surface area contributed by atoms with E-state index in [4.69, 9.17) is 0 Å². The molecule has 3 heterocycles. The van der Waals surface area contributed by atoms with Gasteiger partial charge in [0.2, 0.25) is 0 Å². The zero-order chi connectivity index (χ0) is 18.5. The molecule has 142 valence electrons. The van der Waals surface area contributed by atoms with Gasteiger partial charge in [-0.2, -0.15) is 11.3 Å². The summed E-state index contributed by atoms with van der Waals surface area (Å²) in [6.07, 6.45) is 4.80. The van der Waals surface area contributed by atoms with E-state index in [9.17, 15) is 9.59 Å². The van der Waals surface area contributed by atoms with Crippen LogP contribution in [-0.4, -0.2) is 40.5 Å². The standard InChI is InChI=1S/C20H29N3O2S/c1-14-9-19(2,3)12-20(10-14)17(24)23(18(25)21-20)13-22-7-4-5-16(22)15-6-8-26-11-15/h6,8,11,14,16H,4-5,7,9-10,12-13H2,1-3H3,(H,21,25). The Bertz CT molecular complexity index is 702. The normalized spacial score (nSPS) is 34.7. The van der Waals surface area contributed by atoms with Crippen LogP contribution in [0, 0.1) is 11.3 Å². The molecular weight excluding hydrogens is 346 g/mol. The van der Waals surface area contributed by atoms with Crippen molar-refractivity contribution in [3.63, 3.8) is 0 Å². The second-order valence-electron chi connectivity index (χ2n) is 9.27. The summed E-state index contributed by atoms with van der Waals surface area (Å²) in [6.45, 7) is 7.95. The lowest BCUT2D eigenvalue weighted by Crippen LogP contribution is -2.54. The Kier molecular flexibility index (Phi) is 4.39. The highest BCUT2D eigenvalue weighted by molar-refractivity contribution is 7.07. The van der Waals surface area contributed by atoms with Crippen molar-refractivity contribution in [2.24, 2.45) is 11.3 Å². The average molecular weight is 376 g/mol. The molecule has 5 nitrogen and oxygen atoms in total. The number of nitrogens with one attached hydrogen (secondary N) is 1. The van der Waals surface area contributed by atoms with Crippen LogP contribution in [0.3, 0.4) is 0 Å². The van der Waals surface area contributed by atoms with Crippen LogP contribution < -0.4 is 5.32 Å². The smallest absolute Gasteiger partial charge is 0.323 e. The van der Waals surface area contributed by atoms with Gasteiger partial charge in [-0.15, -0.1) is 0 Å². The van der Waals surface area contributed by atoms with Gasteiger partial charge in [-0.05, 0) is 65.8 Å². The third kappa shape index (κ3) is 3.07. The molecule has 3 aliphatic rings. The van der Waals surface area contributed by atoms with E-state index in [1.54, 1.807) is 11.3 Å². The van der Waals surface area contributed by atoms with Crippen LogP contribution in [0.15, 0.2) is 16.8 Å². The third-order valence-corrected chi connectivity index (χ3v) is 6.94. The molecule has 2 aliphatic heterocycles. The number of hydrogen-bond donors (Lipinski definition) is 1. The Hall–Kier alpha value is -1.40. The third-order valence-electron chi connectivity index (χ3n) is 6.24. The molecule has 2 saturated heterocycles. The highest BCUT2D eigenvalue weighted by atomic mass is 32.1. The van der Waals surface area contributed by atoms with E-state index in [0.717, 1.165) is 38.6 Å². The SMILES string of the molecule is CC1CC(C)(C)CC2(C1)NC(=O)N(CN1CCCC1c1ccsc1)C2=O. The number of thiophene rings is 1. The second-order valence-corrected chi connectivity index (χ2v) is 10.0. The van der Waals surface area contributed by atoms with Crippen molar-refractivity contribution in [1.29, 1.82) is 0 Å². The number of nitrogens with zero attached hydrogens (tertiary/aromatic N) is 2. The van der Waals surface area contributed by atoms with Crippen molar-refractivity contribution >= 4 is 23.3 Å². The first kappa shape index (κ1) is 18.0. The molecule has 1 aliphatic carbocycles. The Morgan fingerprint density at radius 1 is 1.31 bits per heavy atom. The molecule has 4 rings (SSSR count). The number of urea groups is 1. The molecule has 3 amide bonds. The predicted octanol–water partition coefficient (Wildman–Crippen LogP) is 3.98. The summed E-state index contributed by atoms with van der Waals surface area (Å²) in [7, 11) is 0. The van der Waals surface area contributed by atoms with Gasteiger partial charge < -0.3 is 5.32 Å². The first-order valence-electron chi connectivity index (χ1n) is 9.70. The molecule has 26 heavy (non-hydrogen) atoms. The molecule has 1 aromatic heterocycles. The van der Waals surface area contributed by atoms with Gasteiger partial charge in [-0.3, -0.25) is 9.69 Å². The number of carbonyl (C=O) groups excluding carboxylic acids is 2. The fourth-order valence-electron chi connectivity index (χ4n) is 5.65. The number of rotatable bonds is 3. The molecular formula is C20H29N3O2S. The summed E-state index contributed by atoms with van der Waals surface area (Å²) in [5.74, 6) is 0.423. The molecule has 0 bridgehead atoms. The minimum atomic E-state index is -0.699. The number of hydrogen-bond acceptors (Lipinski definition) is 4. The highest BCUT2D eigenvalue weighted by Crippen LogP contribution is 2.46. The molecule has 1 N–H and O–H groups in total. The molecule has 1 aromatic rings. The van der Waals surface area contributed by atoms with Crippen molar-refractivity contribution in [2.75, 3.05) is 13.2 Å². The molecule has 0 aromatic carbocycles. The van der Waals surface area contributed by atoms with Crippen LogP contribution >= 0.6 is 11.3 Å². The lowest BCUT2D eigenvalue weighted by Gasteiger charge is -2.44. The van der Waals surface area contributed by atoms with Crippen molar-refractivity contribution < 1.29 is 9.59 Å². The van der Waals surface area contributed by atoms with E-state index in [0.29, 0.717) is 18.6 Å². The minimum absolute atomic E-state index is 0.0157. The van der Waals surface area contributed by atoms with Gasteiger partial charge in [0.15, 0.2) is 0 Å². The largest absolute Gasteiger partial charge is 0.326 e. The molecule has 3 fully saturated rings. The van der Waals surface area contributed by atoms with E-state index in [-0.39, 0.29) is 17.4 Å². The highest BCUT2D eigenvalue weighted by Gasteiger charge is 2.56. The van der Waals surface area contributed by atoms with Crippen LogP contribution in [0.2, 0.25) is 0 Å². The minimum Gasteiger partial charge on any atom is -0.323 e. The maximum absolute atomic E-state index is 13.3. The lowest BCUT2D eigenvalue weighted by atomic mass is 9.64. The summed E-state index contributed by atoms with van der Waals surface area (Å²) in [6, 6.07) is 2.27. The van der Waals surface area contributed by atoms with E-state index >= 15 is 0 Å². The quantitative estimate of drug-likeness (QED) is 0.813. The van der Waals surface area contributed by atoms with Gasteiger partial charge in [-0.1, -0.05) is 20.8 Å². The summed E-state index contributed by atoms with van der Waals surface area (Å²) in [5, 5.41) is 7.37. The predicted molar refractivity (Wildman–Crippen MR) is 103 cm³/mol. The van der Waals surface area contributed by atoms with E-state index in [1.165, 1.54) is 10.5 Å². The van der Waals surface area contributed by atoms with Gasteiger partial charge in [0.25, 0.3) is 5.91 Å². The molecule has 1 spiro atoms. The summed E-state index contributed by atoms with van der Waals surface area (Å²) < 4.78 is 0. The summed E-state index contributed by atoms with van der Waals surface area (Å²) >= 11 is 1.70. The first-order valence-corrected chi connectivity index (χ1v) is 10.6. The lowest BCUT2D eigenvalue weighted by molar-refractivity contribution is -0.136. The fraction of sp³-hybridized carbons (Fsp3) is 0.700. The molecule has 1 saturated carbocycles. The molecule has 3 unspecified atom stereocenters. The maximum Gasteiger partial charge on any atom is 0.326 e. The van der Waals surface area contributed by atoms with E-state index in [2.05, 4.69) is 47.8 Å². The molecule has 0 radical (unpaired) electrons. The van der Waals surface area contributed by atoms with Gasteiger partial charge in [0, 0.05) is 12.6 Å². The zero-order valence-electron chi connectivity index (χ0n) is 16.0. The van der Waals surface area contributed by atoms with Crippen LogP contribution in [0.1, 0.15) is 64.5 Å². The topological polar surface area (TPSA) is 52.7 Å². The van der Waals surface area contributed by atoms with Crippen LogP contribution in [0.25, 0.3) is 0 Å². The number of carbonyl (C=O) groups is 2. The van der Waals surface area contributed by atoms with Gasteiger partial charge in [-0.25, -0.2) is 9.69 Å². The maximum atomic E-state index is 13.3. The Morgan fingerprint density at radius 2 is 2.12 bits per heavy atom. The summed E-state index contributed by atoms with van der Waals surface area (Å²) in [5.41, 5.74) is 0.681. The average Bonchev–Trinajstić information content (AvgIpc) is 3.23. The molecule has 3 atom stereocenters. The Labute approximate surface area is 159 Å². The zero-order valence-corrected chi connectivity index (χ0v) is 16.8. The van der Waals surface area contributed by atoms with Crippen molar-refractivity contribution in [3.05, 3.63) is 22.4 Å². The van der Waals surface area contributed by atoms with E-state index < -0.39 is 5.54 Å². The van der Waals surface area contributed by atoms with E-state index in [1.807, 2.05) is 0 Å². The van der Waals surface area contributed by atoms with Crippen molar-refractivity contribution in [2.45, 2.75) is 64.5 Å². The number of imide groups is 1. The molecule has 6 heteroatoms. The van der Waals surface area contributed by atoms with Gasteiger partial charge in [0.05, 0.1) is 6.67 Å². The second kappa shape index (κ2) is 6.34. The van der Waals surface area contributed by atoms with Crippen LogP contribution in [0.5, 0.6) is 0 Å². The van der Waals surface area contributed by atoms with Crippen LogP contribution in [-0.2, 0) is 4.79 Å². The first-order chi connectivity index (χ1) is 12.3. The Morgan fingerprint density at radius 3 is 2.81 bits per heavy atom. The monoisotopic (exact) mass is 375 g/mol. The van der Waals surface area contributed by atoms with Crippen molar-refractivity contribution in [3.8, 4) is 0 Å². The van der Waals surface area contributed by atoms with Crippen molar-refractivity contribution in [1.82, 2.24) is 15.1 Å². The fourth-order valence-corrected chi connectivity index (χ4v) is 6.36. The Balaban J connectivity index is 1.53. The number of likely N-dealkylation sites (tertiary alicyclic amines) is 1.